The highest BCUT2D eigenvalue weighted by molar-refractivity contribution is 6.32. The lowest BCUT2D eigenvalue weighted by Crippen LogP contribution is -2.25. The summed E-state index contributed by atoms with van der Waals surface area (Å²) >= 11 is 0. The van der Waals surface area contributed by atoms with Crippen LogP contribution < -0.4 is 15.5 Å². The van der Waals surface area contributed by atoms with E-state index < -0.39 is 0 Å². The lowest BCUT2D eigenvalue weighted by atomic mass is 9.94. The van der Waals surface area contributed by atoms with Gasteiger partial charge in [-0.1, -0.05) is 17.6 Å². The number of hydrogen-bond acceptors (Lipinski definition) is 2. The van der Waals surface area contributed by atoms with E-state index in [-0.39, 0.29) is 6.10 Å². The van der Waals surface area contributed by atoms with Gasteiger partial charge in [-0.25, -0.2) is 0 Å². The molecule has 0 spiro atoms. The predicted molar refractivity (Wildman–Crippen MR) is 56.4 cm³/mol. The highest BCUT2D eigenvalue weighted by atomic mass is 16.5. The fourth-order valence-electron chi connectivity index (χ4n) is 1.59. The Morgan fingerprint density at radius 3 is 3.23 bits per heavy atom. The lowest BCUT2D eigenvalue weighted by Gasteiger charge is -2.12. The van der Waals surface area contributed by atoms with Crippen LogP contribution in [-0.4, -0.2) is 20.5 Å². The van der Waals surface area contributed by atoms with Crippen molar-refractivity contribution in [3.8, 4) is 5.75 Å². The Bertz CT molecular complexity index is 314. The Morgan fingerprint density at radius 1 is 1.54 bits per heavy atom. The molecular formula is C10H14BNO. The summed E-state index contributed by atoms with van der Waals surface area (Å²) in [5.74, 6) is 1.04. The van der Waals surface area contributed by atoms with Crippen molar-refractivity contribution in [2.24, 2.45) is 0 Å². The molecule has 68 valence electrons. The predicted octanol–water partition coefficient (Wildman–Crippen LogP) is -0.185. The molecule has 1 heterocycles. The van der Waals surface area contributed by atoms with Crippen LogP contribution in [0.2, 0.25) is 0 Å². The molecule has 2 nitrogen and oxygen atoms in total. The highest BCUT2D eigenvalue weighted by Crippen LogP contribution is 2.19. The summed E-state index contributed by atoms with van der Waals surface area (Å²) in [6, 6.07) is 6.37. The average molecular weight is 175 g/mol. The van der Waals surface area contributed by atoms with Crippen LogP contribution in [0.5, 0.6) is 5.75 Å². The summed E-state index contributed by atoms with van der Waals surface area (Å²) in [5.41, 5.74) is 2.52. The number of rotatable bonds is 0. The molecule has 0 fully saturated rings. The van der Waals surface area contributed by atoms with Crippen molar-refractivity contribution in [2.45, 2.75) is 19.6 Å². The smallest absolute Gasteiger partial charge is 0.139 e. The summed E-state index contributed by atoms with van der Waals surface area (Å²) in [6.45, 7) is 3.93. The van der Waals surface area contributed by atoms with Crippen LogP contribution >= 0.6 is 0 Å². The third-order valence-electron chi connectivity index (χ3n) is 2.30. The van der Waals surface area contributed by atoms with Gasteiger partial charge in [0.2, 0.25) is 0 Å². The summed E-state index contributed by atoms with van der Waals surface area (Å²) in [4.78, 5) is 0. The largest absolute Gasteiger partial charge is 0.489 e. The zero-order chi connectivity index (χ0) is 9.26. The van der Waals surface area contributed by atoms with E-state index >= 15 is 0 Å². The molecule has 3 heteroatoms. The fraction of sp³-hybridized carbons (Fsp3) is 0.400. The normalized spacial score (nSPS) is 21.5. The molecule has 1 aliphatic rings. The van der Waals surface area contributed by atoms with Gasteiger partial charge in [0.25, 0.3) is 0 Å². The molecule has 0 bridgehead atoms. The Kier molecular flexibility index (Phi) is 2.27. The van der Waals surface area contributed by atoms with Crippen molar-refractivity contribution in [3.05, 3.63) is 23.8 Å². The highest BCUT2D eigenvalue weighted by Gasteiger charge is 2.12. The summed E-state index contributed by atoms with van der Waals surface area (Å²) < 4.78 is 5.78. The minimum atomic E-state index is 0.267. The molecule has 2 rings (SSSR count). The number of benzene rings is 1. The van der Waals surface area contributed by atoms with Gasteiger partial charge in [-0.15, -0.1) is 0 Å². The molecule has 1 N–H and O–H groups in total. The van der Waals surface area contributed by atoms with Crippen LogP contribution in [-0.2, 0) is 6.54 Å². The first-order valence-electron chi connectivity index (χ1n) is 4.72. The van der Waals surface area contributed by atoms with Crippen LogP contribution in [0, 0.1) is 0 Å². The van der Waals surface area contributed by atoms with E-state index in [1.807, 2.05) is 0 Å². The number of fused-ring (bicyclic) bond motifs is 1. The molecule has 1 aromatic carbocycles. The van der Waals surface area contributed by atoms with E-state index in [2.05, 4.69) is 38.3 Å². The van der Waals surface area contributed by atoms with Crippen LogP contribution in [0.15, 0.2) is 18.2 Å². The van der Waals surface area contributed by atoms with Gasteiger partial charge in [-0.05, 0) is 13.0 Å². The van der Waals surface area contributed by atoms with Gasteiger partial charge >= 0.3 is 0 Å². The molecular weight excluding hydrogens is 161 g/mol. The van der Waals surface area contributed by atoms with Crippen molar-refractivity contribution >= 4 is 13.3 Å². The molecule has 0 saturated heterocycles. The van der Waals surface area contributed by atoms with Crippen molar-refractivity contribution in [3.63, 3.8) is 0 Å². The monoisotopic (exact) mass is 175 g/mol. The van der Waals surface area contributed by atoms with Crippen LogP contribution in [0.3, 0.4) is 0 Å². The number of hydrogen-bond donors (Lipinski definition) is 1. The van der Waals surface area contributed by atoms with E-state index in [1.165, 1.54) is 11.0 Å². The Morgan fingerprint density at radius 2 is 2.38 bits per heavy atom. The van der Waals surface area contributed by atoms with Crippen LogP contribution in [0.4, 0.5) is 0 Å². The van der Waals surface area contributed by atoms with E-state index in [0.717, 1.165) is 18.8 Å². The molecule has 0 aromatic heterocycles. The second-order valence-electron chi connectivity index (χ2n) is 3.67. The third-order valence-corrected chi connectivity index (χ3v) is 2.30. The maximum atomic E-state index is 5.78. The molecule has 1 aromatic rings. The van der Waals surface area contributed by atoms with Crippen LogP contribution in [0.25, 0.3) is 0 Å². The van der Waals surface area contributed by atoms with Gasteiger partial charge in [0, 0.05) is 18.7 Å². The van der Waals surface area contributed by atoms with Crippen LogP contribution in [0.1, 0.15) is 12.5 Å². The molecule has 0 saturated carbocycles. The lowest BCUT2D eigenvalue weighted by molar-refractivity contribution is 0.226. The Hall–Kier alpha value is -0.955. The molecule has 0 radical (unpaired) electrons. The first-order valence-corrected chi connectivity index (χ1v) is 4.72. The van der Waals surface area contributed by atoms with E-state index in [4.69, 9.17) is 4.74 Å². The van der Waals surface area contributed by atoms with Crippen molar-refractivity contribution in [2.75, 3.05) is 6.54 Å². The molecule has 1 atom stereocenters. The number of nitrogens with one attached hydrogen (secondary N) is 1. The molecule has 13 heavy (non-hydrogen) atoms. The Balaban J connectivity index is 2.35. The van der Waals surface area contributed by atoms with Gasteiger partial charge in [-0.2, -0.15) is 0 Å². The first kappa shape index (κ1) is 8.63. The maximum absolute atomic E-state index is 5.78. The SMILES string of the molecule is Bc1ccc2c(c1)OC(C)CNC2. The van der Waals surface area contributed by atoms with Crippen molar-refractivity contribution in [1.29, 1.82) is 0 Å². The first-order chi connectivity index (χ1) is 6.25. The minimum Gasteiger partial charge on any atom is -0.489 e. The van der Waals surface area contributed by atoms with Crippen molar-refractivity contribution in [1.82, 2.24) is 5.32 Å². The zero-order valence-corrected chi connectivity index (χ0v) is 8.13. The second-order valence-corrected chi connectivity index (χ2v) is 3.67. The summed E-state index contributed by atoms with van der Waals surface area (Å²) in [5, 5.41) is 3.35. The van der Waals surface area contributed by atoms with Gasteiger partial charge in [0.15, 0.2) is 0 Å². The fourth-order valence-corrected chi connectivity index (χ4v) is 1.59. The second kappa shape index (κ2) is 3.42. The van der Waals surface area contributed by atoms with Gasteiger partial charge in [0.1, 0.15) is 19.7 Å². The third kappa shape index (κ3) is 1.86. The minimum absolute atomic E-state index is 0.267. The average Bonchev–Trinajstić information content (AvgIpc) is 2.25. The standard InChI is InChI=1S/C10H14BNO/c1-7-5-12-6-8-2-3-9(11)4-10(8)13-7/h2-4,7,12H,5-6,11H2,1H3. The Labute approximate surface area is 79.7 Å². The van der Waals surface area contributed by atoms with Crippen molar-refractivity contribution < 1.29 is 4.74 Å². The molecule has 1 unspecified atom stereocenters. The number of ether oxygens (including phenoxy) is 1. The molecule has 1 aliphatic heterocycles. The molecule has 0 aliphatic carbocycles. The summed E-state index contributed by atoms with van der Waals surface area (Å²) in [6.07, 6.45) is 0.267. The maximum Gasteiger partial charge on any atom is 0.139 e. The van der Waals surface area contributed by atoms with E-state index in [1.54, 1.807) is 0 Å². The van der Waals surface area contributed by atoms with E-state index in [0.29, 0.717) is 0 Å². The quantitative estimate of drug-likeness (QED) is 0.552. The van der Waals surface area contributed by atoms with E-state index in [9.17, 15) is 0 Å². The van der Waals surface area contributed by atoms with Gasteiger partial charge in [0.05, 0.1) is 0 Å². The van der Waals surface area contributed by atoms with Gasteiger partial charge in [-0.3, -0.25) is 0 Å². The summed E-state index contributed by atoms with van der Waals surface area (Å²) in [7, 11) is 2.09. The zero-order valence-electron chi connectivity index (χ0n) is 8.13. The molecule has 0 amide bonds. The topological polar surface area (TPSA) is 21.3 Å². The van der Waals surface area contributed by atoms with Gasteiger partial charge < -0.3 is 10.1 Å².